The quantitative estimate of drug-likeness (QED) is 0.598. The van der Waals surface area contributed by atoms with Crippen LogP contribution in [0.15, 0.2) is 73.1 Å². The van der Waals surface area contributed by atoms with Crippen molar-refractivity contribution in [3.05, 3.63) is 89.2 Å². The molecule has 0 radical (unpaired) electrons. The first kappa shape index (κ1) is 18.8. The third-order valence-electron chi connectivity index (χ3n) is 5.59. The summed E-state index contributed by atoms with van der Waals surface area (Å²) in [6, 6.07) is 17.9. The molecule has 3 unspecified atom stereocenters. The van der Waals surface area contributed by atoms with Crippen molar-refractivity contribution in [3.8, 4) is 0 Å². The maximum Gasteiger partial charge on any atom is 0.266 e. The van der Waals surface area contributed by atoms with Crippen LogP contribution in [0.25, 0.3) is 0 Å². The first-order chi connectivity index (χ1) is 14.6. The van der Waals surface area contributed by atoms with Gasteiger partial charge in [-0.1, -0.05) is 35.9 Å². The third-order valence-corrected chi connectivity index (χ3v) is 5.99. The van der Waals surface area contributed by atoms with Crippen LogP contribution in [0.5, 0.6) is 0 Å². The van der Waals surface area contributed by atoms with Crippen LogP contribution >= 0.6 is 11.6 Å². The number of imide groups is 1. The van der Waals surface area contributed by atoms with E-state index in [1.807, 2.05) is 49.4 Å². The molecule has 2 saturated heterocycles. The fraction of sp³-hybridized carbons (Fsp3) is 0.174. The summed E-state index contributed by atoms with van der Waals surface area (Å²) >= 11 is 6.24. The van der Waals surface area contributed by atoms with Gasteiger partial charge in [0.15, 0.2) is 6.10 Å². The molecule has 0 saturated carbocycles. The fourth-order valence-electron chi connectivity index (χ4n) is 4.09. The fourth-order valence-corrected chi connectivity index (χ4v) is 4.26. The molecule has 2 aliphatic heterocycles. The molecule has 0 spiro atoms. The molecule has 3 heterocycles. The molecule has 0 bridgehead atoms. The van der Waals surface area contributed by atoms with Gasteiger partial charge in [0, 0.05) is 17.4 Å². The molecule has 3 aromatic rings. The second-order valence-electron chi connectivity index (χ2n) is 7.38. The van der Waals surface area contributed by atoms with E-state index in [1.54, 1.807) is 35.7 Å². The van der Waals surface area contributed by atoms with Crippen LogP contribution in [-0.2, 0) is 14.4 Å². The molecule has 30 heavy (non-hydrogen) atoms. The number of carbonyl (C=O) groups is 2. The summed E-state index contributed by atoms with van der Waals surface area (Å²) in [5.41, 5.74) is 2.96. The van der Waals surface area contributed by atoms with Crippen LogP contribution in [-0.4, -0.2) is 22.9 Å². The number of anilines is 2. The maximum absolute atomic E-state index is 13.5. The van der Waals surface area contributed by atoms with Gasteiger partial charge in [0.1, 0.15) is 5.92 Å². The highest BCUT2D eigenvalue weighted by Gasteiger charge is 2.60. The van der Waals surface area contributed by atoms with Crippen molar-refractivity contribution in [3.63, 3.8) is 0 Å². The van der Waals surface area contributed by atoms with E-state index in [0.29, 0.717) is 10.7 Å². The second kappa shape index (κ2) is 7.23. The smallest absolute Gasteiger partial charge is 0.266 e. The number of rotatable bonds is 3. The van der Waals surface area contributed by atoms with Crippen molar-refractivity contribution in [2.75, 3.05) is 9.96 Å². The standard InChI is InChI=1S/C23H18ClN3O3/c1-14-7-8-17(13-18(14)24)26-22(28)19-20(15-9-11-25-12-10-15)27(30-21(19)23(26)29)16-5-3-2-4-6-16/h2-13,19-21H,1H3. The topological polar surface area (TPSA) is 62.7 Å². The summed E-state index contributed by atoms with van der Waals surface area (Å²) < 4.78 is 0. The summed E-state index contributed by atoms with van der Waals surface area (Å²) in [5.74, 6) is -1.37. The molecule has 5 rings (SSSR count). The van der Waals surface area contributed by atoms with Gasteiger partial charge < -0.3 is 0 Å². The van der Waals surface area contributed by atoms with Crippen molar-refractivity contribution in [1.82, 2.24) is 4.98 Å². The molecule has 3 atom stereocenters. The van der Waals surface area contributed by atoms with Gasteiger partial charge in [0.2, 0.25) is 5.91 Å². The van der Waals surface area contributed by atoms with Gasteiger partial charge in [-0.3, -0.25) is 19.4 Å². The lowest BCUT2D eigenvalue weighted by Crippen LogP contribution is -2.37. The van der Waals surface area contributed by atoms with Crippen LogP contribution in [0.3, 0.4) is 0 Å². The number of halogens is 1. The highest BCUT2D eigenvalue weighted by molar-refractivity contribution is 6.32. The minimum absolute atomic E-state index is 0.301. The largest absolute Gasteiger partial charge is 0.273 e. The number of nitrogens with zero attached hydrogens (tertiary/aromatic N) is 3. The predicted molar refractivity (Wildman–Crippen MR) is 113 cm³/mol. The van der Waals surface area contributed by atoms with E-state index >= 15 is 0 Å². The number of fused-ring (bicyclic) bond motifs is 1. The molecule has 0 N–H and O–H groups in total. The molecular weight excluding hydrogens is 402 g/mol. The number of carbonyl (C=O) groups excluding carboxylic acids is 2. The number of pyridine rings is 1. The van der Waals surface area contributed by atoms with Gasteiger partial charge in [-0.2, -0.15) is 0 Å². The Hall–Kier alpha value is -3.22. The van der Waals surface area contributed by atoms with Crippen molar-refractivity contribution in [2.45, 2.75) is 19.1 Å². The minimum atomic E-state index is -0.907. The summed E-state index contributed by atoms with van der Waals surface area (Å²) in [7, 11) is 0. The highest BCUT2D eigenvalue weighted by Crippen LogP contribution is 2.47. The van der Waals surface area contributed by atoms with Crippen LogP contribution in [0.2, 0.25) is 5.02 Å². The number of aromatic nitrogens is 1. The van der Waals surface area contributed by atoms with Crippen LogP contribution in [0.1, 0.15) is 17.2 Å². The molecule has 150 valence electrons. The minimum Gasteiger partial charge on any atom is -0.273 e. The lowest BCUT2D eigenvalue weighted by Gasteiger charge is -2.28. The van der Waals surface area contributed by atoms with E-state index in [1.165, 1.54) is 4.90 Å². The molecule has 1 aromatic heterocycles. The Bertz CT molecular complexity index is 1120. The molecule has 2 amide bonds. The highest BCUT2D eigenvalue weighted by atomic mass is 35.5. The van der Waals surface area contributed by atoms with E-state index in [0.717, 1.165) is 16.8 Å². The normalized spacial score (nSPS) is 23.2. The number of hydroxylamine groups is 1. The number of aryl methyl sites for hydroxylation is 1. The summed E-state index contributed by atoms with van der Waals surface area (Å²) in [6.45, 7) is 1.87. The van der Waals surface area contributed by atoms with E-state index < -0.39 is 18.1 Å². The lowest BCUT2D eigenvalue weighted by molar-refractivity contribution is -0.126. The Kier molecular flexibility index (Phi) is 4.53. The Morgan fingerprint density at radius 2 is 1.67 bits per heavy atom. The molecule has 6 nitrogen and oxygen atoms in total. The maximum atomic E-state index is 13.5. The first-order valence-corrected chi connectivity index (χ1v) is 9.99. The first-order valence-electron chi connectivity index (χ1n) is 9.61. The second-order valence-corrected chi connectivity index (χ2v) is 7.79. The van der Waals surface area contributed by atoms with Crippen molar-refractivity contribution in [2.24, 2.45) is 5.92 Å². The molecular formula is C23H18ClN3O3. The summed E-state index contributed by atoms with van der Waals surface area (Å²) in [6.07, 6.45) is 2.44. The zero-order chi connectivity index (χ0) is 20.8. The SMILES string of the molecule is Cc1ccc(N2C(=O)C3ON(c4ccccc4)C(c4ccncc4)C3C2=O)cc1Cl. The number of benzene rings is 2. The van der Waals surface area contributed by atoms with E-state index in [2.05, 4.69) is 4.98 Å². The summed E-state index contributed by atoms with van der Waals surface area (Å²) in [4.78, 5) is 38.1. The molecule has 0 aliphatic carbocycles. The molecule has 2 fully saturated rings. The number of para-hydroxylation sites is 1. The lowest BCUT2D eigenvalue weighted by atomic mass is 9.91. The van der Waals surface area contributed by atoms with Crippen molar-refractivity contribution >= 4 is 34.8 Å². The third kappa shape index (κ3) is 2.88. The molecule has 2 aromatic carbocycles. The Labute approximate surface area is 178 Å². The van der Waals surface area contributed by atoms with Crippen LogP contribution in [0.4, 0.5) is 11.4 Å². The Balaban J connectivity index is 1.58. The van der Waals surface area contributed by atoms with E-state index in [-0.39, 0.29) is 11.8 Å². The van der Waals surface area contributed by atoms with Gasteiger partial charge in [0.05, 0.1) is 17.4 Å². The van der Waals surface area contributed by atoms with E-state index in [4.69, 9.17) is 16.4 Å². The van der Waals surface area contributed by atoms with Crippen LogP contribution < -0.4 is 9.96 Å². The Morgan fingerprint density at radius 3 is 2.37 bits per heavy atom. The number of hydrogen-bond donors (Lipinski definition) is 0. The van der Waals surface area contributed by atoms with Gasteiger partial charge >= 0.3 is 0 Å². The van der Waals surface area contributed by atoms with Gasteiger partial charge in [0.25, 0.3) is 5.91 Å². The zero-order valence-electron chi connectivity index (χ0n) is 16.1. The average Bonchev–Trinajstić information content (AvgIpc) is 3.28. The number of hydrogen-bond acceptors (Lipinski definition) is 5. The van der Waals surface area contributed by atoms with Crippen molar-refractivity contribution in [1.29, 1.82) is 0 Å². The zero-order valence-corrected chi connectivity index (χ0v) is 16.9. The van der Waals surface area contributed by atoms with Crippen LogP contribution in [0, 0.1) is 12.8 Å². The van der Waals surface area contributed by atoms with Crippen molar-refractivity contribution < 1.29 is 14.4 Å². The Morgan fingerprint density at radius 1 is 0.933 bits per heavy atom. The average molecular weight is 420 g/mol. The summed E-state index contributed by atoms with van der Waals surface area (Å²) in [5, 5.41) is 2.17. The van der Waals surface area contributed by atoms with Gasteiger partial charge in [-0.15, -0.1) is 0 Å². The molecule has 7 heteroatoms. The monoisotopic (exact) mass is 419 g/mol. The predicted octanol–water partition coefficient (Wildman–Crippen LogP) is 4.09. The van der Waals surface area contributed by atoms with Gasteiger partial charge in [-0.25, -0.2) is 9.96 Å². The number of amides is 2. The van der Waals surface area contributed by atoms with Gasteiger partial charge in [-0.05, 0) is 54.4 Å². The van der Waals surface area contributed by atoms with E-state index in [9.17, 15) is 9.59 Å². The molecule has 2 aliphatic rings.